The van der Waals surface area contributed by atoms with E-state index in [2.05, 4.69) is 12.1 Å². The number of likely N-dealkylation sites (N-methyl/N-ethyl adjacent to an activating group) is 1. The smallest absolute Gasteiger partial charge is 0.288 e. The molecular formula is C23H33NO4. The summed E-state index contributed by atoms with van der Waals surface area (Å²) in [7, 11) is 1.89. The van der Waals surface area contributed by atoms with Crippen molar-refractivity contribution in [3.8, 4) is 0 Å². The van der Waals surface area contributed by atoms with Gasteiger partial charge in [-0.15, -0.1) is 0 Å². The third-order valence-electron chi connectivity index (χ3n) is 5.79. The summed E-state index contributed by atoms with van der Waals surface area (Å²) in [6.07, 6.45) is 9.47. The molecule has 0 unspecified atom stereocenters. The number of allylic oxidation sites excluding steroid dienone is 1. The van der Waals surface area contributed by atoms with Crippen LogP contribution < -0.4 is 0 Å². The Morgan fingerprint density at radius 2 is 1.93 bits per heavy atom. The van der Waals surface area contributed by atoms with Crippen LogP contribution in [0.25, 0.3) is 0 Å². The van der Waals surface area contributed by atoms with Gasteiger partial charge in [0.1, 0.15) is 0 Å². The van der Waals surface area contributed by atoms with Gasteiger partial charge in [-0.05, 0) is 37.3 Å². The van der Waals surface area contributed by atoms with Crippen molar-refractivity contribution in [2.45, 2.75) is 69.6 Å². The van der Waals surface area contributed by atoms with Gasteiger partial charge in [0.05, 0.1) is 6.61 Å². The number of ether oxygens (including phenoxy) is 2. The van der Waals surface area contributed by atoms with Gasteiger partial charge >= 0.3 is 0 Å². The molecule has 2 aliphatic rings. The number of nitrogens with zero attached hydrogens (tertiary/aromatic N) is 1. The van der Waals surface area contributed by atoms with Gasteiger partial charge in [0.2, 0.25) is 6.29 Å². The van der Waals surface area contributed by atoms with E-state index in [1.54, 1.807) is 0 Å². The molecule has 1 heterocycles. The zero-order chi connectivity index (χ0) is 19.8. The lowest BCUT2D eigenvalue weighted by molar-refractivity contribution is -0.153. The number of aliphatic hydroxyl groups excluding tert-OH is 1. The first kappa shape index (κ1) is 20.9. The van der Waals surface area contributed by atoms with Gasteiger partial charge in [-0.25, -0.2) is 0 Å². The molecule has 5 nitrogen and oxygen atoms in total. The second-order valence-corrected chi connectivity index (χ2v) is 7.84. The molecule has 1 aliphatic carbocycles. The molecule has 0 spiro atoms. The molecule has 1 amide bonds. The van der Waals surface area contributed by atoms with E-state index in [0.29, 0.717) is 31.2 Å². The first-order valence-corrected chi connectivity index (χ1v) is 10.6. The van der Waals surface area contributed by atoms with E-state index in [-0.39, 0.29) is 18.4 Å². The third-order valence-corrected chi connectivity index (χ3v) is 5.79. The number of hydrogen-bond donors (Lipinski definition) is 1. The molecule has 1 fully saturated rings. The minimum Gasteiger partial charge on any atom is -0.459 e. The zero-order valence-corrected chi connectivity index (χ0v) is 16.9. The van der Waals surface area contributed by atoms with Gasteiger partial charge in [0.15, 0.2) is 5.76 Å². The van der Waals surface area contributed by atoms with Gasteiger partial charge in [0.25, 0.3) is 5.91 Å². The second kappa shape index (κ2) is 10.6. The fraction of sp³-hybridized carbons (Fsp3) is 0.609. The number of aliphatic hydroxyl groups is 1. The van der Waals surface area contributed by atoms with Gasteiger partial charge in [-0.1, -0.05) is 49.6 Å². The molecule has 1 N–H and O–H groups in total. The normalized spacial score (nSPS) is 23.0. The van der Waals surface area contributed by atoms with Crippen LogP contribution in [0.2, 0.25) is 0 Å². The molecule has 2 atom stereocenters. The third kappa shape index (κ3) is 5.58. The van der Waals surface area contributed by atoms with Crippen LogP contribution in [0.15, 0.2) is 42.2 Å². The number of amides is 1. The number of carbonyl (C=O) groups excluding carboxylic acids is 1. The minimum atomic E-state index is -0.437. The predicted octanol–water partition coefficient (Wildman–Crippen LogP) is 3.98. The summed E-state index contributed by atoms with van der Waals surface area (Å²) in [6.45, 7) is 0.685. The lowest BCUT2D eigenvalue weighted by atomic mass is 9.92. The standard InChI is InChI=1S/C23H33NO4/c1-24(20-12-6-3-7-13-20)23(26)21-16-19(18-10-4-2-5-11-18)17-22(28-21)27-15-9-8-14-25/h2,4-5,10-11,16,19-20,22,25H,3,6-9,12-15,17H2,1H3/t19-,22+/m1/s1. The van der Waals surface area contributed by atoms with Crippen molar-refractivity contribution >= 4 is 5.91 Å². The highest BCUT2D eigenvalue weighted by molar-refractivity contribution is 5.91. The molecule has 5 heteroatoms. The van der Waals surface area contributed by atoms with Crippen molar-refractivity contribution < 1.29 is 19.4 Å². The molecule has 1 aliphatic heterocycles. The Morgan fingerprint density at radius 3 is 2.64 bits per heavy atom. The van der Waals surface area contributed by atoms with Crippen LogP contribution in [0.1, 0.15) is 62.8 Å². The molecule has 0 bridgehead atoms. The van der Waals surface area contributed by atoms with Crippen LogP contribution >= 0.6 is 0 Å². The van der Waals surface area contributed by atoms with Gasteiger partial charge in [-0.2, -0.15) is 0 Å². The van der Waals surface area contributed by atoms with E-state index in [0.717, 1.165) is 19.3 Å². The Kier molecular flexibility index (Phi) is 7.92. The number of rotatable bonds is 8. The van der Waals surface area contributed by atoms with Crippen molar-refractivity contribution in [1.82, 2.24) is 4.90 Å². The lowest BCUT2D eigenvalue weighted by Crippen LogP contribution is -2.41. The Labute approximate surface area is 168 Å². The molecule has 1 aromatic carbocycles. The summed E-state index contributed by atoms with van der Waals surface area (Å²) in [5, 5.41) is 8.95. The Hall–Kier alpha value is -1.85. The highest BCUT2D eigenvalue weighted by Crippen LogP contribution is 2.33. The van der Waals surface area contributed by atoms with E-state index in [1.165, 1.54) is 24.8 Å². The maximum Gasteiger partial charge on any atom is 0.288 e. The number of hydrogen-bond acceptors (Lipinski definition) is 4. The van der Waals surface area contributed by atoms with Gasteiger partial charge in [0, 0.05) is 32.0 Å². The van der Waals surface area contributed by atoms with E-state index >= 15 is 0 Å². The van der Waals surface area contributed by atoms with E-state index in [1.807, 2.05) is 36.2 Å². The van der Waals surface area contributed by atoms with Crippen molar-refractivity contribution in [2.24, 2.45) is 0 Å². The molecule has 28 heavy (non-hydrogen) atoms. The van der Waals surface area contributed by atoms with E-state index < -0.39 is 6.29 Å². The minimum absolute atomic E-state index is 0.0449. The van der Waals surface area contributed by atoms with Crippen LogP contribution in [0.3, 0.4) is 0 Å². The first-order chi connectivity index (χ1) is 13.7. The molecular weight excluding hydrogens is 354 g/mol. The van der Waals surface area contributed by atoms with Crippen molar-refractivity contribution in [3.05, 3.63) is 47.7 Å². The number of unbranched alkanes of at least 4 members (excludes halogenated alkanes) is 1. The molecule has 1 aromatic rings. The monoisotopic (exact) mass is 387 g/mol. The van der Waals surface area contributed by atoms with Crippen molar-refractivity contribution in [2.75, 3.05) is 20.3 Å². The average molecular weight is 388 g/mol. The number of benzene rings is 1. The fourth-order valence-corrected chi connectivity index (χ4v) is 4.08. The van der Waals surface area contributed by atoms with Crippen LogP contribution in [0.5, 0.6) is 0 Å². The fourth-order valence-electron chi connectivity index (χ4n) is 4.08. The summed E-state index contributed by atoms with van der Waals surface area (Å²) in [5.74, 6) is 0.452. The summed E-state index contributed by atoms with van der Waals surface area (Å²) >= 11 is 0. The largest absolute Gasteiger partial charge is 0.459 e. The van der Waals surface area contributed by atoms with Gasteiger partial charge in [-0.3, -0.25) is 4.79 Å². The first-order valence-electron chi connectivity index (χ1n) is 10.6. The quantitative estimate of drug-likeness (QED) is 0.686. The highest BCUT2D eigenvalue weighted by Gasteiger charge is 2.32. The molecule has 3 rings (SSSR count). The topological polar surface area (TPSA) is 59.0 Å². The molecule has 1 saturated carbocycles. The highest BCUT2D eigenvalue weighted by atomic mass is 16.7. The van der Waals surface area contributed by atoms with E-state index in [4.69, 9.17) is 14.6 Å². The maximum atomic E-state index is 13.1. The van der Waals surface area contributed by atoms with Crippen LogP contribution in [0.4, 0.5) is 0 Å². The molecule has 154 valence electrons. The van der Waals surface area contributed by atoms with Crippen molar-refractivity contribution in [1.29, 1.82) is 0 Å². The molecule has 0 saturated heterocycles. The predicted molar refractivity (Wildman–Crippen MR) is 109 cm³/mol. The molecule has 0 radical (unpaired) electrons. The van der Waals surface area contributed by atoms with Crippen LogP contribution in [-0.4, -0.2) is 48.5 Å². The van der Waals surface area contributed by atoms with Crippen molar-refractivity contribution in [3.63, 3.8) is 0 Å². The maximum absolute atomic E-state index is 13.1. The van der Waals surface area contributed by atoms with Gasteiger partial charge < -0.3 is 19.5 Å². The second-order valence-electron chi connectivity index (χ2n) is 7.84. The lowest BCUT2D eigenvalue weighted by Gasteiger charge is -2.34. The Bertz CT molecular complexity index is 639. The summed E-state index contributed by atoms with van der Waals surface area (Å²) in [6, 6.07) is 10.5. The van der Waals surface area contributed by atoms with Crippen LogP contribution in [0, 0.1) is 0 Å². The molecule has 0 aromatic heterocycles. The average Bonchev–Trinajstić information content (AvgIpc) is 2.76. The summed E-state index contributed by atoms with van der Waals surface area (Å²) in [5.41, 5.74) is 1.17. The van der Waals surface area contributed by atoms with E-state index in [9.17, 15) is 4.79 Å². The number of carbonyl (C=O) groups is 1. The zero-order valence-electron chi connectivity index (χ0n) is 16.9. The Morgan fingerprint density at radius 1 is 1.18 bits per heavy atom. The van der Waals surface area contributed by atoms with Crippen LogP contribution in [-0.2, 0) is 14.3 Å². The summed E-state index contributed by atoms with van der Waals surface area (Å²) < 4.78 is 11.9. The Balaban J connectivity index is 1.72. The SMILES string of the molecule is CN(C(=O)C1=C[C@@H](c2ccccc2)C[C@@H](OCCCCO)O1)C1CCCCC1. The summed E-state index contributed by atoms with van der Waals surface area (Å²) in [4.78, 5) is 15.0.